The average molecular weight is 224 g/mol. The fraction of sp³-hybridized carbons (Fsp3) is 0.857. The predicted octanol–water partition coefficient (Wildman–Crippen LogP) is -0.361. The third kappa shape index (κ3) is 8.34. The third-order valence-electron chi connectivity index (χ3n) is 1.27. The summed E-state index contributed by atoms with van der Waals surface area (Å²) in [4.78, 5) is 22.6. The van der Waals surface area contributed by atoms with Crippen molar-refractivity contribution >= 4 is 14.1 Å². The van der Waals surface area contributed by atoms with Crippen LogP contribution in [0.25, 0.3) is 0 Å². The summed E-state index contributed by atoms with van der Waals surface area (Å²) in [5, 5.41) is 0. The molecule has 0 rings (SSSR count). The van der Waals surface area contributed by atoms with E-state index in [1.165, 1.54) is 0 Å². The summed E-state index contributed by atoms with van der Waals surface area (Å²) >= 11 is 0. The fourth-order valence-corrected chi connectivity index (χ4v) is 1.29. The number of phosphoric ester groups is 1. The van der Waals surface area contributed by atoms with E-state index in [2.05, 4.69) is 9.05 Å². The summed E-state index contributed by atoms with van der Waals surface area (Å²) in [6.07, 6.45) is 0.628. The Balaban J connectivity index is 3.61. The molecule has 0 amide bonds. The molecule has 0 fully saturated rings. The Labute approximate surface area is 83.4 Å². The molecule has 1 atom stereocenters. The zero-order valence-electron chi connectivity index (χ0n) is 8.34. The van der Waals surface area contributed by atoms with Gasteiger partial charge in [0.25, 0.3) is 7.82 Å². The fourth-order valence-electron chi connectivity index (χ4n) is 0.585. The van der Waals surface area contributed by atoms with Crippen LogP contribution in [0.4, 0.5) is 0 Å². The van der Waals surface area contributed by atoms with Gasteiger partial charge in [-0.2, -0.15) is 0 Å². The zero-order chi connectivity index (χ0) is 11.0. The Morgan fingerprint density at radius 2 is 1.93 bits per heavy atom. The number of aldehydes is 1. The monoisotopic (exact) mass is 224 g/mol. The van der Waals surface area contributed by atoms with E-state index in [1.54, 1.807) is 19.0 Å². The summed E-state index contributed by atoms with van der Waals surface area (Å²) in [7, 11) is -0.618. The van der Waals surface area contributed by atoms with Gasteiger partial charge in [-0.05, 0) is 14.1 Å². The van der Waals surface area contributed by atoms with Gasteiger partial charge in [0, 0.05) is 13.0 Å². The first-order chi connectivity index (χ1) is 6.48. The van der Waals surface area contributed by atoms with E-state index in [9.17, 15) is 14.3 Å². The number of likely N-dealkylation sites (N-methyl/N-ethyl adjacent to an activating group) is 1. The van der Waals surface area contributed by atoms with Crippen LogP contribution in [-0.4, -0.2) is 45.0 Å². The minimum absolute atomic E-state index is 0.0449. The van der Waals surface area contributed by atoms with Crippen molar-refractivity contribution < 1.29 is 23.3 Å². The van der Waals surface area contributed by atoms with Crippen molar-refractivity contribution in [3.05, 3.63) is 0 Å². The molecule has 14 heavy (non-hydrogen) atoms. The summed E-state index contributed by atoms with van der Waals surface area (Å²) in [5.41, 5.74) is 0. The molecule has 0 aliphatic rings. The van der Waals surface area contributed by atoms with E-state index in [0.717, 1.165) is 0 Å². The van der Waals surface area contributed by atoms with Gasteiger partial charge in [-0.15, -0.1) is 0 Å². The number of carbonyl (C=O) groups excluding carboxylic acids is 1. The van der Waals surface area contributed by atoms with Crippen molar-refractivity contribution in [1.29, 1.82) is 0 Å². The van der Waals surface area contributed by atoms with Crippen LogP contribution >= 0.6 is 7.82 Å². The summed E-state index contributed by atoms with van der Waals surface area (Å²) < 4.78 is 19.8. The first-order valence-electron chi connectivity index (χ1n) is 4.16. The highest BCUT2D eigenvalue weighted by molar-refractivity contribution is 7.45. The maximum absolute atomic E-state index is 10.9. The van der Waals surface area contributed by atoms with Crippen LogP contribution in [0, 0.1) is 0 Å². The highest BCUT2D eigenvalue weighted by Crippen LogP contribution is 2.37. The molecule has 0 bridgehead atoms. The maximum atomic E-state index is 10.9. The second kappa shape index (κ2) is 7.09. The lowest BCUT2D eigenvalue weighted by atomic mass is 10.5. The van der Waals surface area contributed by atoms with E-state index in [0.29, 0.717) is 12.8 Å². The Bertz CT molecular complexity index is 208. The summed E-state index contributed by atoms with van der Waals surface area (Å²) in [6.45, 7) is 0.379. The van der Waals surface area contributed by atoms with Crippen LogP contribution in [0.5, 0.6) is 0 Å². The van der Waals surface area contributed by atoms with Gasteiger partial charge in [-0.25, -0.2) is 0 Å². The van der Waals surface area contributed by atoms with Gasteiger partial charge in [0.15, 0.2) is 0 Å². The van der Waals surface area contributed by atoms with Gasteiger partial charge >= 0.3 is 0 Å². The van der Waals surface area contributed by atoms with Crippen LogP contribution < -0.4 is 4.89 Å². The Morgan fingerprint density at radius 1 is 1.36 bits per heavy atom. The predicted molar refractivity (Wildman–Crippen MR) is 48.7 cm³/mol. The lowest BCUT2D eigenvalue weighted by Crippen LogP contribution is -2.19. The number of carbonyl (C=O) groups is 1. The molecule has 0 aliphatic heterocycles. The van der Waals surface area contributed by atoms with Gasteiger partial charge in [-0.3, -0.25) is 4.57 Å². The Hall–Kier alpha value is -0.260. The van der Waals surface area contributed by atoms with Crippen molar-refractivity contribution in [3.8, 4) is 0 Å². The molecule has 0 saturated carbocycles. The molecule has 0 aliphatic carbocycles. The Kier molecular flexibility index (Phi) is 6.96. The molecule has 0 aromatic carbocycles. The van der Waals surface area contributed by atoms with E-state index >= 15 is 0 Å². The highest BCUT2D eigenvalue weighted by Gasteiger charge is 2.08. The molecule has 7 heteroatoms. The SMILES string of the molecule is CN(C)CCOP(=O)([O-])OCCC=O. The number of hydrogen-bond acceptors (Lipinski definition) is 6. The molecule has 0 heterocycles. The molecule has 1 unspecified atom stereocenters. The van der Waals surface area contributed by atoms with E-state index in [1.807, 2.05) is 0 Å². The number of hydrogen-bond donors (Lipinski definition) is 0. The molecule has 0 N–H and O–H groups in total. The van der Waals surface area contributed by atoms with Gasteiger partial charge in [0.05, 0.1) is 13.2 Å². The lowest BCUT2D eigenvalue weighted by molar-refractivity contribution is -0.225. The zero-order valence-corrected chi connectivity index (χ0v) is 9.24. The molecule has 0 spiro atoms. The molecular formula is C7H15NO5P-. The van der Waals surface area contributed by atoms with Crippen molar-refractivity contribution in [3.63, 3.8) is 0 Å². The van der Waals surface area contributed by atoms with Crippen LogP contribution in [0.1, 0.15) is 6.42 Å². The smallest absolute Gasteiger partial charge is 0.267 e. The van der Waals surface area contributed by atoms with Gasteiger partial charge in [-0.1, -0.05) is 0 Å². The quantitative estimate of drug-likeness (QED) is 0.318. The molecule has 0 aromatic heterocycles. The van der Waals surface area contributed by atoms with E-state index in [-0.39, 0.29) is 19.6 Å². The lowest BCUT2D eigenvalue weighted by Gasteiger charge is -2.22. The second-order valence-electron chi connectivity index (χ2n) is 2.87. The standard InChI is InChI=1S/C7H16NO5P/c1-8(2)4-7-13-14(10,11)12-6-3-5-9/h5H,3-4,6-7H2,1-2H3,(H,10,11)/p-1. The normalized spacial score (nSPS) is 15.4. The van der Waals surface area contributed by atoms with Gasteiger partial charge < -0.3 is 23.6 Å². The summed E-state index contributed by atoms with van der Waals surface area (Å²) in [6, 6.07) is 0. The second-order valence-corrected chi connectivity index (χ2v) is 4.28. The topological polar surface area (TPSA) is 78.9 Å². The molecule has 6 nitrogen and oxygen atoms in total. The van der Waals surface area contributed by atoms with Crippen LogP contribution in [-0.2, 0) is 18.4 Å². The first-order valence-corrected chi connectivity index (χ1v) is 5.62. The van der Waals surface area contributed by atoms with Crippen LogP contribution in [0.3, 0.4) is 0 Å². The molecule has 0 radical (unpaired) electrons. The molecular weight excluding hydrogens is 209 g/mol. The molecule has 0 aromatic rings. The molecule has 84 valence electrons. The minimum atomic E-state index is -4.21. The minimum Gasteiger partial charge on any atom is -0.756 e. The van der Waals surface area contributed by atoms with Crippen molar-refractivity contribution in [2.75, 3.05) is 33.9 Å². The third-order valence-corrected chi connectivity index (χ3v) is 2.27. The van der Waals surface area contributed by atoms with Gasteiger partial charge in [0.1, 0.15) is 6.29 Å². The first kappa shape index (κ1) is 13.7. The van der Waals surface area contributed by atoms with E-state index < -0.39 is 7.82 Å². The van der Waals surface area contributed by atoms with Crippen LogP contribution in [0.15, 0.2) is 0 Å². The van der Waals surface area contributed by atoms with Crippen molar-refractivity contribution in [2.24, 2.45) is 0 Å². The van der Waals surface area contributed by atoms with Crippen LogP contribution in [0.2, 0.25) is 0 Å². The summed E-state index contributed by atoms with van der Waals surface area (Å²) in [5.74, 6) is 0. The number of nitrogens with zero attached hydrogens (tertiary/aromatic N) is 1. The van der Waals surface area contributed by atoms with Crippen molar-refractivity contribution in [2.45, 2.75) is 6.42 Å². The van der Waals surface area contributed by atoms with E-state index in [4.69, 9.17) is 0 Å². The van der Waals surface area contributed by atoms with Crippen molar-refractivity contribution in [1.82, 2.24) is 4.90 Å². The molecule has 0 saturated heterocycles. The van der Waals surface area contributed by atoms with Gasteiger partial charge in [0.2, 0.25) is 0 Å². The largest absolute Gasteiger partial charge is 0.756 e. The highest BCUT2D eigenvalue weighted by atomic mass is 31.2. The number of phosphoric acid groups is 1. The number of rotatable bonds is 8. The Morgan fingerprint density at radius 3 is 2.43 bits per heavy atom. The maximum Gasteiger partial charge on any atom is 0.267 e. The average Bonchev–Trinajstić information content (AvgIpc) is 2.03.